The summed E-state index contributed by atoms with van der Waals surface area (Å²) in [5.41, 5.74) is 7.48. The fraction of sp³-hybridized carbons (Fsp3) is 0.750. The molecule has 0 spiro atoms. The molecule has 2 heterocycles. The van der Waals surface area contributed by atoms with Crippen LogP contribution in [0.4, 0.5) is 0 Å². The molecule has 1 aromatic heterocycles. The van der Waals surface area contributed by atoms with Gasteiger partial charge in [-0.25, -0.2) is 0 Å². The molecule has 2 atom stereocenters. The summed E-state index contributed by atoms with van der Waals surface area (Å²) in [6.45, 7) is 2.78. The number of aromatic nitrogens is 2. The summed E-state index contributed by atoms with van der Waals surface area (Å²) >= 11 is 0. The van der Waals surface area contributed by atoms with E-state index in [0.717, 1.165) is 26.1 Å². The first-order valence-electron chi connectivity index (χ1n) is 6.19. The number of likely N-dealkylation sites (tertiary alicyclic amines) is 1. The average molecular weight is 238 g/mol. The van der Waals surface area contributed by atoms with Gasteiger partial charge in [0, 0.05) is 38.5 Å². The monoisotopic (exact) mass is 238 g/mol. The van der Waals surface area contributed by atoms with Gasteiger partial charge in [0.15, 0.2) is 0 Å². The highest BCUT2D eigenvalue weighted by atomic mass is 16.5. The van der Waals surface area contributed by atoms with Crippen LogP contribution in [-0.4, -0.2) is 47.5 Å². The third-order valence-electron chi connectivity index (χ3n) is 3.43. The van der Waals surface area contributed by atoms with Crippen LogP contribution >= 0.6 is 0 Å². The van der Waals surface area contributed by atoms with Crippen LogP contribution in [-0.2, 0) is 11.8 Å². The molecule has 1 saturated heterocycles. The van der Waals surface area contributed by atoms with Crippen LogP contribution in [0.25, 0.3) is 0 Å². The molecule has 1 aromatic rings. The maximum atomic E-state index is 6.26. The Bertz CT molecular complexity index is 352. The Morgan fingerprint density at radius 1 is 1.59 bits per heavy atom. The van der Waals surface area contributed by atoms with E-state index in [1.54, 1.807) is 7.11 Å². The number of piperidine rings is 1. The molecule has 0 amide bonds. The Labute approximate surface area is 103 Å². The maximum Gasteiger partial charge on any atom is 0.0589 e. The molecule has 0 aliphatic carbocycles. The number of hydrogen-bond donors (Lipinski definition) is 1. The third-order valence-corrected chi connectivity index (χ3v) is 3.43. The van der Waals surface area contributed by atoms with Crippen molar-refractivity contribution in [3.05, 3.63) is 18.0 Å². The molecule has 5 heteroatoms. The van der Waals surface area contributed by atoms with E-state index in [-0.39, 0.29) is 12.1 Å². The molecule has 17 heavy (non-hydrogen) atoms. The Morgan fingerprint density at radius 2 is 2.41 bits per heavy atom. The highest BCUT2D eigenvalue weighted by Crippen LogP contribution is 2.29. The largest absolute Gasteiger partial charge is 0.383 e. The van der Waals surface area contributed by atoms with E-state index in [1.165, 1.54) is 12.0 Å². The van der Waals surface area contributed by atoms with Gasteiger partial charge in [-0.2, -0.15) is 5.10 Å². The van der Waals surface area contributed by atoms with Crippen LogP contribution in [0.1, 0.15) is 24.4 Å². The fourth-order valence-electron chi connectivity index (χ4n) is 2.61. The average Bonchev–Trinajstić information content (AvgIpc) is 2.73. The zero-order valence-corrected chi connectivity index (χ0v) is 10.7. The second-order valence-corrected chi connectivity index (χ2v) is 4.73. The van der Waals surface area contributed by atoms with Crippen LogP contribution in [0.5, 0.6) is 0 Å². The Morgan fingerprint density at radius 3 is 3.06 bits per heavy atom. The molecular weight excluding hydrogens is 216 g/mol. The molecular formula is C12H22N4O. The summed E-state index contributed by atoms with van der Waals surface area (Å²) in [6, 6.07) is 0.484. The Balaban J connectivity index is 2.12. The van der Waals surface area contributed by atoms with Gasteiger partial charge < -0.3 is 10.5 Å². The topological polar surface area (TPSA) is 56.3 Å². The Hall–Kier alpha value is -0.910. The predicted octanol–water partition coefficient (Wildman–Crippen LogP) is 0.531. The minimum absolute atomic E-state index is 0.199. The lowest BCUT2D eigenvalue weighted by molar-refractivity contribution is 0.0848. The van der Waals surface area contributed by atoms with Crippen molar-refractivity contribution < 1.29 is 4.74 Å². The highest BCUT2D eigenvalue weighted by Gasteiger charge is 2.30. The smallest absolute Gasteiger partial charge is 0.0589 e. The lowest BCUT2D eigenvalue weighted by Gasteiger charge is -2.39. The number of rotatable bonds is 4. The standard InChI is InChI=1S/C12H22N4O/c1-15-9-10(8-14-15)12-11(13)4-3-5-16(12)6-7-17-2/h8-9,11-12H,3-7,13H2,1-2H3. The summed E-state index contributed by atoms with van der Waals surface area (Å²) in [5, 5.41) is 4.24. The minimum atomic E-state index is 0.199. The number of ether oxygens (including phenoxy) is 1. The van der Waals surface area contributed by atoms with Crippen LogP contribution in [0.2, 0.25) is 0 Å². The van der Waals surface area contributed by atoms with Gasteiger partial charge in [-0.15, -0.1) is 0 Å². The molecule has 5 nitrogen and oxygen atoms in total. The molecule has 1 aliphatic rings. The quantitative estimate of drug-likeness (QED) is 0.831. The lowest BCUT2D eigenvalue weighted by Crippen LogP contribution is -2.46. The second kappa shape index (κ2) is 5.62. The van der Waals surface area contributed by atoms with Gasteiger partial charge in [-0.05, 0) is 19.4 Å². The maximum absolute atomic E-state index is 6.26. The van der Waals surface area contributed by atoms with E-state index in [1.807, 2.05) is 17.9 Å². The van der Waals surface area contributed by atoms with Gasteiger partial charge in [0.2, 0.25) is 0 Å². The summed E-state index contributed by atoms with van der Waals surface area (Å²) in [4.78, 5) is 2.41. The van der Waals surface area contributed by atoms with Crippen LogP contribution in [0, 0.1) is 0 Å². The molecule has 1 fully saturated rings. The first-order valence-corrected chi connectivity index (χ1v) is 6.19. The molecule has 1 aliphatic heterocycles. The first kappa shape index (κ1) is 12.5. The summed E-state index contributed by atoms with van der Waals surface area (Å²) in [6.07, 6.45) is 6.25. The lowest BCUT2D eigenvalue weighted by atomic mass is 9.93. The van der Waals surface area contributed by atoms with Crippen molar-refractivity contribution in [3.63, 3.8) is 0 Å². The molecule has 2 unspecified atom stereocenters. The molecule has 2 N–H and O–H groups in total. The summed E-state index contributed by atoms with van der Waals surface area (Å²) < 4.78 is 7.00. The highest BCUT2D eigenvalue weighted by molar-refractivity contribution is 5.14. The van der Waals surface area contributed by atoms with Crippen molar-refractivity contribution in [3.8, 4) is 0 Å². The SMILES string of the molecule is COCCN1CCCC(N)C1c1cnn(C)c1. The predicted molar refractivity (Wildman–Crippen MR) is 66.6 cm³/mol. The minimum Gasteiger partial charge on any atom is -0.383 e. The fourth-order valence-corrected chi connectivity index (χ4v) is 2.61. The van der Waals surface area contributed by atoms with Crippen molar-refractivity contribution in [2.75, 3.05) is 26.8 Å². The van der Waals surface area contributed by atoms with Crippen LogP contribution in [0.15, 0.2) is 12.4 Å². The summed E-state index contributed by atoms with van der Waals surface area (Å²) in [5.74, 6) is 0. The van der Waals surface area contributed by atoms with E-state index >= 15 is 0 Å². The van der Waals surface area contributed by atoms with Crippen molar-refractivity contribution >= 4 is 0 Å². The van der Waals surface area contributed by atoms with Crippen LogP contribution in [0.3, 0.4) is 0 Å². The van der Waals surface area contributed by atoms with Gasteiger partial charge >= 0.3 is 0 Å². The second-order valence-electron chi connectivity index (χ2n) is 4.73. The number of nitrogens with zero attached hydrogens (tertiary/aromatic N) is 3. The molecule has 0 radical (unpaired) electrons. The number of methoxy groups -OCH3 is 1. The van der Waals surface area contributed by atoms with Gasteiger partial charge in [0.25, 0.3) is 0 Å². The van der Waals surface area contributed by atoms with E-state index in [2.05, 4.69) is 16.2 Å². The van der Waals surface area contributed by atoms with E-state index in [0.29, 0.717) is 0 Å². The number of hydrogen-bond acceptors (Lipinski definition) is 4. The summed E-state index contributed by atoms with van der Waals surface area (Å²) in [7, 11) is 3.68. The zero-order chi connectivity index (χ0) is 12.3. The molecule has 0 bridgehead atoms. The van der Waals surface area contributed by atoms with Gasteiger partial charge in [0.1, 0.15) is 0 Å². The molecule has 96 valence electrons. The van der Waals surface area contributed by atoms with Crippen molar-refractivity contribution in [2.24, 2.45) is 12.8 Å². The normalized spacial score (nSPS) is 26.3. The van der Waals surface area contributed by atoms with E-state index in [9.17, 15) is 0 Å². The molecule has 0 saturated carbocycles. The van der Waals surface area contributed by atoms with Crippen molar-refractivity contribution in [1.82, 2.24) is 14.7 Å². The van der Waals surface area contributed by atoms with Crippen LogP contribution < -0.4 is 5.73 Å². The van der Waals surface area contributed by atoms with E-state index < -0.39 is 0 Å². The van der Waals surface area contributed by atoms with E-state index in [4.69, 9.17) is 10.5 Å². The first-order chi connectivity index (χ1) is 8.22. The Kier molecular flexibility index (Phi) is 4.15. The number of nitrogens with two attached hydrogens (primary N) is 1. The van der Waals surface area contributed by atoms with Gasteiger partial charge in [-0.3, -0.25) is 9.58 Å². The zero-order valence-electron chi connectivity index (χ0n) is 10.7. The third kappa shape index (κ3) is 2.86. The molecule has 2 rings (SSSR count). The molecule has 0 aromatic carbocycles. The van der Waals surface area contributed by atoms with Gasteiger partial charge in [0.05, 0.1) is 18.8 Å². The van der Waals surface area contributed by atoms with Crippen molar-refractivity contribution in [1.29, 1.82) is 0 Å². The van der Waals surface area contributed by atoms with Crippen molar-refractivity contribution in [2.45, 2.75) is 24.9 Å². The number of aryl methyl sites for hydroxylation is 1. The van der Waals surface area contributed by atoms with Gasteiger partial charge in [-0.1, -0.05) is 0 Å².